The Morgan fingerprint density at radius 2 is 2.00 bits per heavy atom. The first-order valence-corrected chi connectivity index (χ1v) is 6.84. The number of benzene rings is 1. The van der Waals surface area contributed by atoms with Crippen LogP contribution in [0, 0.1) is 0 Å². The molecule has 1 aromatic rings. The van der Waals surface area contributed by atoms with E-state index in [4.69, 9.17) is 4.74 Å². The van der Waals surface area contributed by atoms with Gasteiger partial charge in [-0.3, -0.25) is 0 Å². The van der Waals surface area contributed by atoms with Gasteiger partial charge in [0.1, 0.15) is 0 Å². The van der Waals surface area contributed by atoms with Crippen molar-refractivity contribution in [3.63, 3.8) is 0 Å². The van der Waals surface area contributed by atoms with Gasteiger partial charge in [-0.05, 0) is 23.4 Å². The van der Waals surface area contributed by atoms with Crippen LogP contribution in [-0.2, 0) is 10.2 Å². The van der Waals surface area contributed by atoms with Gasteiger partial charge in [0.05, 0.1) is 18.6 Å². The molecule has 1 aromatic carbocycles. The van der Waals surface area contributed by atoms with Gasteiger partial charge in [-0.15, -0.1) is 11.8 Å². The summed E-state index contributed by atoms with van der Waals surface area (Å²) < 4.78 is 5.31. The van der Waals surface area contributed by atoms with Crippen molar-refractivity contribution in [3.05, 3.63) is 29.8 Å². The largest absolute Gasteiger partial charge is 0.379 e. The van der Waals surface area contributed by atoms with E-state index in [0.29, 0.717) is 0 Å². The molecular formula is C12H16OS2. The molecule has 0 aliphatic carbocycles. The molecule has 0 spiro atoms. The Morgan fingerprint density at radius 3 is 2.40 bits per heavy atom. The van der Waals surface area contributed by atoms with E-state index in [9.17, 15) is 0 Å². The molecular weight excluding hydrogens is 224 g/mol. The second-order valence-electron chi connectivity index (χ2n) is 3.89. The Balaban J connectivity index is 2.15. The molecule has 1 fully saturated rings. The lowest BCUT2D eigenvalue weighted by Crippen LogP contribution is -2.48. The molecule has 1 saturated heterocycles. The maximum absolute atomic E-state index is 5.31. The minimum absolute atomic E-state index is 0.179. The highest BCUT2D eigenvalue weighted by atomic mass is 32.2. The highest BCUT2D eigenvalue weighted by Gasteiger charge is 2.38. The molecule has 0 amide bonds. The quantitative estimate of drug-likeness (QED) is 0.640. The molecule has 2 rings (SSSR count). The van der Waals surface area contributed by atoms with Crippen molar-refractivity contribution in [3.8, 4) is 0 Å². The SMILES string of the molecule is CCSc1ccc(C2(CS)COC2)cc1. The summed E-state index contributed by atoms with van der Waals surface area (Å²) in [6.07, 6.45) is 0. The van der Waals surface area contributed by atoms with E-state index in [-0.39, 0.29) is 5.41 Å². The molecule has 1 aliphatic heterocycles. The first kappa shape index (κ1) is 11.4. The van der Waals surface area contributed by atoms with E-state index in [2.05, 4.69) is 43.8 Å². The average molecular weight is 240 g/mol. The first-order chi connectivity index (χ1) is 7.30. The van der Waals surface area contributed by atoms with Gasteiger partial charge >= 0.3 is 0 Å². The van der Waals surface area contributed by atoms with Crippen molar-refractivity contribution in [2.45, 2.75) is 17.2 Å². The van der Waals surface area contributed by atoms with Crippen molar-refractivity contribution in [1.29, 1.82) is 0 Å². The zero-order valence-electron chi connectivity index (χ0n) is 8.90. The van der Waals surface area contributed by atoms with Crippen LogP contribution in [0.3, 0.4) is 0 Å². The molecule has 15 heavy (non-hydrogen) atoms. The van der Waals surface area contributed by atoms with Crippen LogP contribution in [0.1, 0.15) is 12.5 Å². The second kappa shape index (κ2) is 4.81. The van der Waals surface area contributed by atoms with E-state index in [1.165, 1.54) is 10.5 Å². The molecule has 0 unspecified atom stereocenters. The molecule has 0 aromatic heterocycles. The molecule has 0 bridgehead atoms. The molecule has 0 N–H and O–H groups in total. The summed E-state index contributed by atoms with van der Waals surface area (Å²) in [7, 11) is 0. The molecule has 0 saturated carbocycles. The zero-order valence-corrected chi connectivity index (χ0v) is 10.6. The van der Waals surface area contributed by atoms with Gasteiger partial charge in [-0.1, -0.05) is 19.1 Å². The zero-order chi connectivity index (χ0) is 10.7. The first-order valence-electron chi connectivity index (χ1n) is 5.23. The lowest BCUT2D eigenvalue weighted by atomic mass is 9.80. The van der Waals surface area contributed by atoms with Crippen LogP contribution in [0.4, 0.5) is 0 Å². The molecule has 1 heterocycles. The van der Waals surface area contributed by atoms with Gasteiger partial charge in [0, 0.05) is 10.6 Å². The van der Waals surface area contributed by atoms with Crippen LogP contribution in [-0.4, -0.2) is 24.7 Å². The topological polar surface area (TPSA) is 9.23 Å². The fraction of sp³-hybridized carbons (Fsp3) is 0.500. The predicted molar refractivity (Wildman–Crippen MR) is 69.2 cm³/mol. The number of rotatable bonds is 4. The van der Waals surface area contributed by atoms with Crippen LogP contribution >= 0.6 is 24.4 Å². The lowest BCUT2D eigenvalue weighted by Gasteiger charge is -2.40. The third kappa shape index (κ3) is 2.19. The lowest BCUT2D eigenvalue weighted by molar-refractivity contribution is -0.0471. The third-order valence-corrected chi connectivity index (χ3v) is 4.34. The third-order valence-electron chi connectivity index (χ3n) is 2.84. The summed E-state index contributed by atoms with van der Waals surface area (Å²) in [4.78, 5) is 1.34. The van der Waals surface area contributed by atoms with Crippen molar-refractivity contribution in [2.75, 3.05) is 24.7 Å². The van der Waals surface area contributed by atoms with Crippen molar-refractivity contribution >= 4 is 24.4 Å². The minimum atomic E-state index is 0.179. The van der Waals surface area contributed by atoms with E-state index >= 15 is 0 Å². The summed E-state index contributed by atoms with van der Waals surface area (Å²) >= 11 is 6.30. The fourth-order valence-corrected chi connectivity index (χ4v) is 2.80. The van der Waals surface area contributed by atoms with Gasteiger partial charge < -0.3 is 4.74 Å². The van der Waals surface area contributed by atoms with Gasteiger partial charge in [-0.25, -0.2) is 0 Å². The molecule has 0 radical (unpaired) electrons. The second-order valence-corrected chi connectivity index (χ2v) is 5.54. The smallest absolute Gasteiger partial charge is 0.0593 e. The monoisotopic (exact) mass is 240 g/mol. The van der Waals surface area contributed by atoms with Gasteiger partial charge in [0.2, 0.25) is 0 Å². The van der Waals surface area contributed by atoms with Crippen LogP contribution in [0.2, 0.25) is 0 Å². The van der Waals surface area contributed by atoms with Crippen molar-refractivity contribution in [1.82, 2.24) is 0 Å². The Labute approximate surface area is 101 Å². The van der Waals surface area contributed by atoms with Crippen molar-refractivity contribution < 1.29 is 4.74 Å². The van der Waals surface area contributed by atoms with Crippen LogP contribution < -0.4 is 0 Å². The summed E-state index contributed by atoms with van der Waals surface area (Å²) in [5.74, 6) is 1.99. The maximum Gasteiger partial charge on any atom is 0.0593 e. The number of thiol groups is 1. The van der Waals surface area contributed by atoms with Crippen LogP contribution in [0.15, 0.2) is 29.2 Å². The Morgan fingerprint density at radius 1 is 1.33 bits per heavy atom. The standard InChI is InChI=1S/C12H16OS2/c1-2-15-11-5-3-10(4-6-11)12(9-14)7-13-8-12/h3-6,14H,2,7-9H2,1H3. The van der Waals surface area contributed by atoms with Crippen molar-refractivity contribution in [2.24, 2.45) is 0 Å². The summed E-state index contributed by atoms with van der Waals surface area (Å²) in [6.45, 7) is 3.81. The van der Waals surface area contributed by atoms with E-state index in [1.54, 1.807) is 0 Å². The normalized spacial score (nSPS) is 18.5. The van der Waals surface area contributed by atoms with E-state index in [1.807, 2.05) is 11.8 Å². The number of thioether (sulfide) groups is 1. The van der Waals surface area contributed by atoms with E-state index < -0.39 is 0 Å². The molecule has 1 nitrogen and oxygen atoms in total. The summed E-state index contributed by atoms with van der Waals surface area (Å²) in [6, 6.07) is 8.84. The average Bonchev–Trinajstić information content (AvgIpc) is 2.20. The maximum atomic E-state index is 5.31. The highest BCUT2D eigenvalue weighted by molar-refractivity contribution is 7.99. The number of ether oxygens (including phenoxy) is 1. The van der Waals surface area contributed by atoms with Crippen LogP contribution in [0.25, 0.3) is 0 Å². The summed E-state index contributed by atoms with van der Waals surface area (Å²) in [5.41, 5.74) is 1.54. The number of hydrogen-bond acceptors (Lipinski definition) is 3. The van der Waals surface area contributed by atoms with Gasteiger partial charge in [-0.2, -0.15) is 12.6 Å². The van der Waals surface area contributed by atoms with Crippen LogP contribution in [0.5, 0.6) is 0 Å². The summed E-state index contributed by atoms with van der Waals surface area (Å²) in [5, 5.41) is 0. The van der Waals surface area contributed by atoms with Gasteiger partial charge in [0.25, 0.3) is 0 Å². The highest BCUT2D eigenvalue weighted by Crippen LogP contribution is 2.34. The molecule has 1 aliphatic rings. The Bertz CT molecular complexity index is 311. The fourth-order valence-electron chi connectivity index (χ4n) is 1.77. The molecule has 3 heteroatoms. The molecule has 0 atom stereocenters. The Kier molecular flexibility index (Phi) is 3.65. The Hall–Kier alpha value is -0.120. The molecule has 82 valence electrons. The van der Waals surface area contributed by atoms with Gasteiger partial charge in [0.15, 0.2) is 0 Å². The minimum Gasteiger partial charge on any atom is -0.379 e. The predicted octanol–water partition coefficient (Wildman–Crippen LogP) is 3.00. The number of hydrogen-bond donors (Lipinski definition) is 1. The van der Waals surface area contributed by atoms with E-state index in [0.717, 1.165) is 24.7 Å².